The van der Waals surface area contributed by atoms with Gasteiger partial charge >= 0.3 is 0 Å². The van der Waals surface area contributed by atoms with E-state index in [1.54, 1.807) is 7.05 Å². The number of benzene rings is 1. The maximum absolute atomic E-state index is 13.6. The minimum atomic E-state index is -1.00. The van der Waals surface area contributed by atoms with Crippen molar-refractivity contribution in [3.8, 4) is 0 Å². The molecule has 1 aromatic rings. The summed E-state index contributed by atoms with van der Waals surface area (Å²) in [5.41, 5.74) is -1.21. The molecule has 0 bridgehead atoms. The molecule has 0 spiro atoms. The molecule has 116 valence electrons. The third-order valence-electron chi connectivity index (χ3n) is 3.58. The number of ether oxygens (including phenoxy) is 1. The predicted octanol–water partition coefficient (Wildman–Crippen LogP) is 2.37. The largest absolute Gasteiger partial charge is 0.388 e. The molecular formula is C13H16ClFN2O4. The van der Waals surface area contributed by atoms with Gasteiger partial charge in [0, 0.05) is 51.8 Å². The molecular weight excluding hydrogens is 303 g/mol. The van der Waals surface area contributed by atoms with Crippen molar-refractivity contribution < 1.29 is 19.2 Å². The fraction of sp³-hybridized carbons (Fsp3) is 0.538. The van der Waals surface area contributed by atoms with Crippen molar-refractivity contribution in [1.82, 2.24) is 0 Å². The van der Waals surface area contributed by atoms with Crippen LogP contribution in [0.1, 0.15) is 12.8 Å². The summed E-state index contributed by atoms with van der Waals surface area (Å²) in [4.78, 5) is 11.9. The van der Waals surface area contributed by atoms with Crippen LogP contribution in [0, 0.1) is 15.9 Å². The molecule has 21 heavy (non-hydrogen) atoms. The normalized spacial score (nSPS) is 17.5. The Balaban J connectivity index is 2.27. The summed E-state index contributed by atoms with van der Waals surface area (Å²) in [7, 11) is 1.57. The van der Waals surface area contributed by atoms with Gasteiger partial charge in [0.15, 0.2) is 0 Å². The van der Waals surface area contributed by atoms with Crippen LogP contribution in [0.5, 0.6) is 0 Å². The fourth-order valence-electron chi connectivity index (χ4n) is 2.41. The van der Waals surface area contributed by atoms with Gasteiger partial charge in [-0.05, 0) is 0 Å². The molecule has 1 aromatic carbocycles. The van der Waals surface area contributed by atoms with Gasteiger partial charge in [0.25, 0.3) is 5.69 Å². The number of hydrogen-bond acceptors (Lipinski definition) is 5. The molecule has 1 heterocycles. The summed E-state index contributed by atoms with van der Waals surface area (Å²) in [6, 6.07) is 2.00. The van der Waals surface area contributed by atoms with Gasteiger partial charge in [0.05, 0.1) is 15.5 Å². The lowest BCUT2D eigenvalue weighted by Crippen LogP contribution is -2.45. The second-order valence-electron chi connectivity index (χ2n) is 5.20. The van der Waals surface area contributed by atoms with Gasteiger partial charge in [-0.15, -0.1) is 0 Å². The zero-order valence-corrected chi connectivity index (χ0v) is 12.3. The average molecular weight is 319 g/mol. The van der Waals surface area contributed by atoms with E-state index in [4.69, 9.17) is 16.3 Å². The van der Waals surface area contributed by atoms with Crippen molar-refractivity contribution in [3.05, 3.63) is 33.1 Å². The minimum Gasteiger partial charge on any atom is -0.388 e. The molecule has 2 rings (SSSR count). The van der Waals surface area contributed by atoms with E-state index in [1.807, 2.05) is 0 Å². The predicted molar refractivity (Wildman–Crippen MR) is 76.3 cm³/mol. The number of likely N-dealkylation sites (N-methyl/N-ethyl adjacent to an activating group) is 1. The van der Waals surface area contributed by atoms with Crippen LogP contribution in [0.4, 0.5) is 15.8 Å². The van der Waals surface area contributed by atoms with Crippen molar-refractivity contribution in [2.45, 2.75) is 18.4 Å². The van der Waals surface area contributed by atoms with E-state index >= 15 is 0 Å². The molecule has 1 aliphatic rings. The van der Waals surface area contributed by atoms with Crippen LogP contribution >= 0.6 is 11.6 Å². The standard InChI is InChI=1S/C13H16ClFN2O4/c1-16(8-13(18)2-4-21-5-3-13)11-7-10(15)9(14)6-12(11)17(19)20/h6-7,18H,2-5,8H2,1H3. The highest BCUT2D eigenvalue weighted by Crippen LogP contribution is 2.34. The van der Waals surface area contributed by atoms with E-state index in [2.05, 4.69) is 0 Å². The Morgan fingerprint density at radius 2 is 2.14 bits per heavy atom. The number of rotatable bonds is 4. The Labute approximate surface area is 126 Å². The molecule has 0 atom stereocenters. The molecule has 0 unspecified atom stereocenters. The van der Waals surface area contributed by atoms with E-state index in [9.17, 15) is 19.6 Å². The Morgan fingerprint density at radius 1 is 1.52 bits per heavy atom. The average Bonchev–Trinajstić information content (AvgIpc) is 2.41. The molecule has 0 saturated carbocycles. The van der Waals surface area contributed by atoms with Gasteiger partial charge in [-0.2, -0.15) is 0 Å². The van der Waals surface area contributed by atoms with Gasteiger partial charge < -0.3 is 14.7 Å². The monoisotopic (exact) mass is 318 g/mol. The van der Waals surface area contributed by atoms with Crippen molar-refractivity contribution in [1.29, 1.82) is 0 Å². The highest BCUT2D eigenvalue weighted by atomic mass is 35.5. The zero-order chi connectivity index (χ0) is 15.6. The Morgan fingerprint density at radius 3 is 2.71 bits per heavy atom. The first-order valence-corrected chi connectivity index (χ1v) is 6.85. The lowest BCUT2D eigenvalue weighted by atomic mass is 9.93. The van der Waals surface area contributed by atoms with Gasteiger partial charge in [0.1, 0.15) is 11.5 Å². The number of halogens is 2. The number of hydrogen-bond donors (Lipinski definition) is 1. The quantitative estimate of drug-likeness (QED) is 0.681. The van der Waals surface area contributed by atoms with Crippen LogP contribution in [0.25, 0.3) is 0 Å². The van der Waals surface area contributed by atoms with Crippen LogP contribution in [0.3, 0.4) is 0 Å². The van der Waals surface area contributed by atoms with Gasteiger partial charge in [-0.1, -0.05) is 11.6 Å². The van der Waals surface area contributed by atoms with Crippen molar-refractivity contribution in [2.24, 2.45) is 0 Å². The van der Waals surface area contributed by atoms with Crippen molar-refractivity contribution in [2.75, 3.05) is 31.7 Å². The van der Waals surface area contributed by atoms with Crippen molar-refractivity contribution >= 4 is 23.0 Å². The smallest absolute Gasteiger partial charge is 0.294 e. The third kappa shape index (κ3) is 3.61. The highest BCUT2D eigenvalue weighted by Gasteiger charge is 2.33. The lowest BCUT2D eigenvalue weighted by Gasteiger charge is -2.36. The first-order valence-electron chi connectivity index (χ1n) is 6.47. The van der Waals surface area contributed by atoms with E-state index in [0.717, 1.165) is 12.1 Å². The Hall–Kier alpha value is -1.44. The number of aliphatic hydroxyl groups is 1. The van der Waals surface area contributed by atoms with Crippen LogP contribution in [-0.4, -0.2) is 42.4 Å². The molecule has 1 aliphatic heterocycles. The van der Waals surface area contributed by atoms with E-state index in [-0.39, 0.29) is 22.9 Å². The van der Waals surface area contributed by atoms with Crippen molar-refractivity contribution in [3.63, 3.8) is 0 Å². The maximum Gasteiger partial charge on any atom is 0.294 e. The Bertz CT molecular complexity index is 549. The minimum absolute atomic E-state index is 0.0850. The summed E-state index contributed by atoms with van der Waals surface area (Å²) in [6.45, 7) is 1.01. The molecule has 6 nitrogen and oxygen atoms in total. The summed E-state index contributed by atoms with van der Waals surface area (Å²) in [6.07, 6.45) is 0.864. The van der Waals surface area contributed by atoms with Crippen LogP contribution in [-0.2, 0) is 4.74 Å². The molecule has 0 aliphatic carbocycles. The third-order valence-corrected chi connectivity index (χ3v) is 3.87. The SMILES string of the molecule is CN(CC1(O)CCOCC1)c1cc(F)c(Cl)cc1[N+](=O)[O-]. The Kier molecular flexibility index (Phi) is 4.65. The molecule has 0 amide bonds. The van der Waals surface area contributed by atoms with Crippen LogP contribution in [0.15, 0.2) is 12.1 Å². The first-order chi connectivity index (χ1) is 9.82. The summed E-state index contributed by atoms with van der Waals surface area (Å²) >= 11 is 5.59. The van der Waals surface area contributed by atoms with Crippen LogP contribution < -0.4 is 4.90 Å². The molecule has 1 N–H and O–H groups in total. The fourth-order valence-corrected chi connectivity index (χ4v) is 2.57. The number of anilines is 1. The molecule has 0 radical (unpaired) electrons. The van der Waals surface area contributed by atoms with Gasteiger partial charge in [0.2, 0.25) is 0 Å². The zero-order valence-electron chi connectivity index (χ0n) is 11.5. The molecule has 1 saturated heterocycles. The van der Waals surface area contributed by atoms with E-state index in [0.29, 0.717) is 26.1 Å². The molecule has 0 aromatic heterocycles. The number of nitro groups is 1. The van der Waals surface area contributed by atoms with Crippen LogP contribution in [0.2, 0.25) is 5.02 Å². The van der Waals surface area contributed by atoms with E-state index < -0.39 is 16.3 Å². The maximum atomic E-state index is 13.6. The highest BCUT2D eigenvalue weighted by molar-refractivity contribution is 6.31. The molecule has 1 fully saturated rings. The second-order valence-corrected chi connectivity index (χ2v) is 5.61. The van der Waals surface area contributed by atoms with E-state index in [1.165, 1.54) is 4.90 Å². The second kappa shape index (κ2) is 6.13. The topological polar surface area (TPSA) is 75.8 Å². The number of nitrogens with zero attached hydrogens (tertiary/aromatic N) is 2. The summed E-state index contributed by atoms with van der Waals surface area (Å²) < 4.78 is 18.8. The summed E-state index contributed by atoms with van der Waals surface area (Å²) in [5, 5.41) is 21.2. The van der Waals surface area contributed by atoms with Gasteiger partial charge in [-0.25, -0.2) is 4.39 Å². The van der Waals surface area contributed by atoms with Gasteiger partial charge in [-0.3, -0.25) is 10.1 Å². The lowest BCUT2D eigenvalue weighted by molar-refractivity contribution is -0.384. The summed E-state index contributed by atoms with van der Waals surface area (Å²) in [5.74, 6) is -0.733. The molecule has 8 heteroatoms. The number of nitro benzene ring substituents is 1. The first kappa shape index (κ1) is 15.9.